The van der Waals surface area contributed by atoms with Gasteiger partial charge in [0.2, 0.25) is 0 Å². The van der Waals surface area contributed by atoms with E-state index < -0.39 is 0 Å². The third-order valence-electron chi connectivity index (χ3n) is 4.74. The predicted molar refractivity (Wildman–Crippen MR) is 132 cm³/mol. The molecule has 2 N–H and O–H groups in total. The first-order valence-electron chi connectivity index (χ1n) is 10.7. The Labute approximate surface area is 202 Å². The zero-order valence-corrected chi connectivity index (χ0v) is 20.7. The van der Waals surface area contributed by atoms with Crippen LogP contribution in [0.1, 0.15) is 36.7 Å². The number of benzene rings is 1. The molecule has 1 atom stereocenters. The summed E-state index contributed by atoms with van der Waals surface area (Å²) in [7, 11) is 0. The minimum absolute atomic E-state index is 0. The van der Waals surface area contributed by atoms with Crippen molar-refractivity contribution in [3.63, 3.8) is 0 Å². The second-order valence-electron chi connectivity index (χ2n) is 7.32. The quantitative estimate of drug-likeness (QED) is 0.193. The Bertz CT molecular complexity index is 777. The van der Waals surface area contributed by atoms with E-state index in [1.807, 2.05) is 12.1 Å². The van der Waals surface area contributed by atoms with E-state index in [1.54, 1.807) is 6.26 Å². The van der Waals surface area contributed by atoms with E-state index in [1.165, 1.54) is 5.56 Å². The van der Waals surface area contributed by atoms with Crippen LogP contribution in [0.4, 0.5) is 0 Å². The van der Waals surface area contributed by atoms with E-state index in [-0.39, 0.29) is 30.1 Å². The lowest BCUT2D eigenvalue weighted by atomic mass is 10.1. The fourth-order valence-electron chi connectivity index (χ4n) is 3.14. The van der Waals surface area contributed by atoms with Crippen molar-refractivity contribution in [3.8, 4) is 5.75 Å². The summed E-state index contributed by atoms with van der Waals surface area (Å²) in [4.78, 5) is 4.73. The van der Waals surface area contributed by atoms with Crippen LogP contribution in [0, 0.1) is 6.92 Å². The molecule has 172 valence electrons. The highest BCUT2D eigenvalue weighted by molar-refractivity contribution is 14.0. The number of aryl methyl sites for hydroxylation is 1. The van der Waals surface area contributed by atoms with Crippen molar-refractivity contribution in [3.05, 3.63) is 53.5 Å². The second-order valence-corrected chi connectivity index (χ2v) is 7.32. The van der Waals surface area contributed by atoms with Gasteiger partial charge in [-0.05, 0) is 44.0 Å². The molecule has 8 heteroatoms. The number of hydrogen-bond donors (Lipinski definition) is 2. The molecule has 0 radical (unpaired) electrons. The molecule has 3 rings (SSSR count). The molecule has 1 saturated heterocycles. The topological polar surface area (TPSA) is 77.3 Å². The molecule has 7 nitrogen and oxygen atoms in total. The first kappa shape index (κ1) is 25.5. The number of nitrogens with zero attached hydrogens (tertiary/aromatic N) is 1. The number of guanidine groups is 1. The highest BCUT2D eigenvalue weighted by Crippen LogP contribution is 2.24. The van der Waals surface area contributed by atoms with E-state index in [9.17, 15) is 0 Å². The van der Waals surface area contributed by atoms with Crippen molar-refractivity contribution >= 4 is 29.9 Å². The number of ether oxygens (including phenoxy) is 3. The van der Waals surface area contributed by atoms with Crippen molar-refractivity contribution in [1.29, 1.82) is 0 Å². The molecular formula is C23H34IN3O4. The Kier molecular flexibility index (Phi) is 11.8. The molecule has 1 aromatic heterocycles. The summed E-state index contributed by atoms with van der Waals surface area (Å²) in [5, 5.41) is 6.66. The molecular weight excluding hydrogens is 509 g/mol. The summed E-state index contributed by atoms with van der Waals surface area (Å²) in [5.74, 6) is 2.54. The summed E-state index contributed by atoms with van der Waals surface area (Å²) < 4.78 is 22.5. The van der Waals surface area contributed by atoms with E-state index in [4.69, 9.17) is 23.6 Å². The van der Waals surface area contributed by atoms with Gasteiger partial charge in [0.1, 0.15) is 24.2 Å². The normalized spacial score (nSPS) is 16.1. The first-order chi connectivity index (χ1) is 14.7. The van der Waals surface area contributed by atoms with Crippen LogP contribution in [0.15, 0.2) is 46.0 Å². The Morgan fingerprint density at radius 3 is 2.90 bits per heavy atom. The molecule has 2 aromatic rings. The van der Waals surface area contributed by atoms with Gasteiger partial charge in [0, 0.05) is 31.7 Å². The molecule has 1 fully saturated rings. The number of hydrogen-bond acceptors (Lipinski definition) is 5. The van der Waals surface area contributed by atoms with Crippen LogP contribution in [0.5, 0.6) is 5.75 Å². The molecule has 0 bridgehead atoms. The van der Waals surface area contributed by atoms with Gasteiger partial charge >= 0.3 is 0 Å². The van der Waals surface area contributed by atoms with E-state index in [0.29, 0.717) is 26.4 Å². The van der Waals surface area contributed by atoms with Gasteiger partial charge in [-0.2, -0.15) is 0 Å². The SMILES string of the molecule is CCNC(=NCc1ccc(C)cc1OC1CCOC1)NCCCOCc1ccco1.I. The Morgan fingerprint density at radius 1 is 1.26 bits per heavy atom. The highest BCUT2D eigenvalue weighted by atomic mass is 127. The number of rotatable bonds is 11. The lowest BCUT2D eigenvalue weighted by molar-refractivity contribution is 0.105. The second kappa shape index (κ2) is 14.3. The van der Waals surface area contributed by atoms with Gasteiger partial charge in [0.25, 0.3) is 0 Å². The smallest absolute Gasteiger partial charge is 0.191 e. The van der Waals surface area contributed by atoms with Crippen LogP contribution >= 0.6 is 24.0 Å². The predicted octanol–water partition coefficient (Wildman–Crippen LogP) is 4.04. The fourth-order valence-corrected chi connectivity index (χ4v) is 3.14. The van der Waals surface area contributed by atoms with Crippen molar-refractivity contribution in [2.75, 3.05) is 32.9 Å². The number of halogens is 1. The van der Waals surface area contributed by atoms with Gasteiger partial charge in [0.05, 0.1) is 26.0 Å². The summed E-state index contributed by atoms with van der Waals surface area (Å²) in [6.07, 6.45) is 3.60. The van der Waals surface area contributed by atoms with Gasteiger partial charge in [0.15, 0.2) is 5.96 Å². The maximum absolute atomic E-state index is 6.18. The van der Waals surface area contributed by atoms with E-state index >= 15 is 0 Å². The minimum atomic E-state index is 0. The Morgan fingerprint density at radius 2 is 2.16 bits per heavy atom. The van der Waals surface area contributed by atoms with Crippen LogP contribution in [0.25, 0.3) is 0 Å². The molecule has 1 aromatic carbocycles. The average molecular weight is 543 g/mol. The van der Waals surface area contributed by atoms with Gasteiger partial charge in [-0.15, -0.1) is 24.0 Å². The van der Waals surface area contributed by atoms with Crippen LogP contribution in [0.3, 0.4) is 0 Å². The number of aliphatic imine (C=N–C) groups is 1. The van der Waals surface area contributed by atoms with Crippen molar-refractivity contribution in [2.45, 2.75) is 45.9 Å². The molecule has 0 aliphatic carbocycles. The van der Waals surface area contributed by atoms with Gasteiger partial charge in [-0.3, -0.25) is 0 Å². The monoisotopic (exact) mass is 543 g/mol. The van der Waals surface area contributed by atoms with Crippen LogP contribution < -0.4 is 15.4 Å². The van der Waals surface area contributed by atoms with E-state index in [2.05, 4.69) is 42.7 Å². The number of furan rings is 1. The first-order valence-corrected chi connectivity index (χ1v) is 10.7. The molecule has 0 amide bonds. The summed E-state index contributed by atoms with van der Waals surface area (Å²) in [6.45, 7) is 8.85. The van der Waals surface area contributed by atoms with Crippen molar-refractivity contribution in [1.82, 2.24) is 10.6 Å². The maximum atomic E-state index is 6.18. The van der Waals surface area contributed by atoms with E-state index in [0.717, 1.165) is 55.6 Å². The summed E-state index contributed by atoms with van der Waals surface area (Å²) in [6, 6.07) is 10.1. The number of nitrogens with one attached hydrogen (secondary N) is 2. The molecule has 2 heterocycles. The molecule has 1 unspecified atom stereocenters. The third kappa shape index (κ3) is 9.08. The lowest BCUT2D eigenvalue weighted by Crippen LogP contribution is -2.38. The van der Waals surface area contributed by atoms with Crippen molar-refractivity contribution in [2.24, 2.45) is 4.99 Å². The van der Waals surface area contributed by atoms with Crippen LogP contribution in [-0.2, 0) is 22.6 Å². The third-order valence-corrected chi connectivity index (χ3v) is 4.74. The summed E-state index contributed by atoms with van der Waals surface area (Å²) in [5.41, 5.74) is 2.25. The van der Waals surface area contributed by atoms with Crippen LogP contribution in [-0.4, -0.2) is 45.0 Å². The summed E-state index contributed by atoms with van der Waals surface area (Å²) >= 11 is 0. The van der Waals surface area contributed by atoms with Gasteiger partial charge in [-0.1, -0.05) is 12.1 Å². The largest absolute Gasteiger partial charge is 0.488 e. The molecule has 31 heavy (non-hydrogen) atoms. The maximum Gasteiger partial charge on any atom is 0.191 e. The molecule has 1 aliphatic rings. The lowest BCUT2D eigenvalue weighted by Gasteiger charge is -2.16. The average Bonchev–Trinajstić information content (AvgIpc) is 3.44. The fraction of sp³-hybridized carbons (Fsp3) is 0.522. The van der Waals surface area contributed by atoms with Gasteiger partial charge in [-0.25, -0.2) is 4.99 Å². The molecule has 1 aliphatic heterocycles. The Balaban J connectivity index is 0.00000341. The minimum Gasteiger partial charge on any atom is -0.488 e. The zero-order chi connectivity index (χ0) is 21.0. The molecule has 0 spiro atoms. The van der Waals surface area contributed by atoms with Crippen LogP contribution in [0.2, 0.25) is 0 Å². The standard InChI is InChI=1S/C23H33N3O4.HI/c1-3-24-23(25-10-5-11-27-16-20-6-4-12-29-20)26-15-19-8-7-18(2)14-22(19)30-21-9-13-28-17-21;/h4,6-8,12,14,21H,3,5,9-11,13,15-17H2,1-2H3,(H2,24,25,26);1H. The van der Waals surface area contributed by atoms with Crippen molar-refractivity contribution < 1.29 is 18.6 Å². The molecule has 0 saturated carbocycles. The highest BCUT2D eigenvalue weighted by Gasteiger charge is 2.18. The zero-order valence-electron chi connectivity index (χ0n) is 18.4. The van der Waals surface area contributed by atoms with Gasteiger partial charge < -0.3 is 29.3 Å². The Hall–Kier alpha value is -1.78.